The van der Waals surface area contributed by atoms with Crippen molar-refractivity contribution >= 4 is 22.6 Å². The minimum atomic E-state index is 0.889. The first-order valence-corrected chi connectivity index (χ1v) is 6.41. The summed E-state index contributed by atoms with van der Waals surface area (Å²) in [5.41, 5.74) is 0. The van der Waals surface area contributed by atoms with Gasteiger partial charge in [0.05, 0.1) is 13.2 Å². The van der Waals surface area contributed by atoms with Crippen LogP contribution in [0.1, 0.15) is 6.42 Å². The van der Waals surface area contributed by atoms with Crippen molar-refractivity contribution in [1.29, 1.82) is 0 Å². The molecule has 0 radical (unpaired) electrons. The second-order valence-electron chi connectivity index (χ2n) is 3.71. The van der Waals surface area contributed by atoms with Crippen molar-refractivity contribution < 1.29 is 4.74 Å². The monoisotopic (exact) mass is 321 g/mol. The molecule has 0 aromatic carbocycles. The van der Waals surface area contributed by atoms with E-state index in [2.05, 4.69) is 32.6 Å². The Kier molecular flexibility index (Phi) is 4.40. The van der Waals surface area contributed by atoms with Crippen LogP contribution in [-0.4, -0.2) is 47.5 Å². The molecule has 0 unspecified atom stereocenters. The van der Waals surface area contributed by atoms with Crippen molar-refractivity contribution in [3.8, 4) is 0 Å². The number of aromatic nitrogens is 2. The Bertz CT molecular complexity index is 297. The molecule has 0 amide bonds. The predicted octanol–water partition coefficient (Wildman–Crippen LogP) is 1.21. The van der Waals surface area contributed by atoms with Gasteiger partial charge in [0.15, 0.2) is 0 Å². The van der Waals surface area contributed by atoms with Gasteiger partial charge < -0.3 is 4.74 Å². The van der Waals surface area contributed by atoms with E-state index in [-0.39, 0.29) is 0 Å². The first-order valence-electron chi connectivity index (χ1n) is 5.34. The highest BCUT2D eigenvalue weighted by molar-refractivity contribution is 14.1. The summed E-state index contributed by atoms with van der Waals surface area (Å²) in [4.78, 5) is 2.46. The summed E-state index contributed by atoms with van der Waals surface area (Å²) in [7, 11) is 0. The summed E-state index contributed by atoms with van der Waals surface area (Å²) < 4.78 is 8.39. The molecule has 0 aliphatic carbocycles. The zero-order valence-electron chi connectivity index (χ0n) is 8.73. The fraction of sp³-hybridized carbons (Fsp3) is 0.700. The Balaban J connectivity index is 1.65. The molecule has 4 nitrogen and oxygen atoms in total. The SMILES string of the molecule is Ic1ccn(CCCN2CCOCC2)n1. The molecule has 1 fully saturated rings. The molecule has 0 spiro atoms. The smallest absolute Gasteiger partial charge is 0.123 e. The van der Waals surface area contributed by atoms with Gasteiger partial charge in [-0.05, 0) is 35.1 Å². The molecule has 1 aliphatic rings. The fourth-order valence-electron chi connectivity index (χ4n) is 1.74. The molecule has 1 aromatic heterocycles. The van der Waals surface area contributed by atoms with E-state index in [9.17, 15) is 0 Å². The topological polar surface area (TPSA) is 30.3 Å². The molecule has 15 heavy (non-hydrogen) atoms. The molecule has 0 N–H and O–H groups in total. The van der Waals surface area contributed by atoms with E-state index >= 15 is 0 Å². The molecule has 84 valence electrons. The Morgan fingerprint density at radius 1 is 1.33 bits per heavy atom. The Hall–Kier alpha value is -0.140. The number of hydrogen-bond acceptors (Lipinski definition) is 3. The molecule has 1 aliphatic heterocycles. The maximum Gasteiger partial charge on any atom is 0.123 e. The van der Waals surface area contributed by atoms with Crippen LogP contribution in [0.3, 0.4) is 0 Å². The van der Waals surface area contributed by atoms with E-state index in [0.717, 1.165) is 49.5 Å². The lowest BCUT2D eigenvalue weighted by molar-refractivity contribution is 0.0368. The van der Waals surface area contributed by atoms with Crippen molar-refractivity contribution in [2.45, 2.75) is 13.0 Å². The van der Waals surface area contributed by atoms with Crippen molar-refractivity contribution in [2.75, 3.05) is 32.8 Å². The summed E-state index contributed by atoms with van der Waals surface area (Å²) in [5, 5.41) is 4.35. The number of morpholine rings is 1. The number of nitrogens with zero attached hydrogens (tertiary/aromatic N) is 3. The highest BCUT2D eigenvalue weighted by atomic mass is 127. The van der Waals surface area contributed by atoms with E-state index in [1.807, 2.05) is 16.9 Å². The number of halogens is 1. The molecule has 1 aromatic rings. The quantitative estimate of drug-likeness (QED) is 0.781. The first-order chi connectivity index (χ1) is 7.34. The minimum Gasteiger partial charge on any atom is -0.379 e. The molecule has 0 saturated carbocycles. The van der Waals surface area contributed by atoms with E-state index < -0.39 is 0 Å². The van der Waals surface area contributed by atoms with Crippen molar-refractivity contribution in [1.82, 2.24) is 14.7 Å². The first kappa shape index (κ1) is 11.3. The Morgan fingerprint density at radius 2 is 2.13 bits per heavy atom. The van der Waals surface area contributed by atoms with Gasteiger partial charge in [-0.3, -0.25) is 9.58 Å². The van der Waals surface area contributed by atoms with Crippen LogP contribution < -0.4 is 0 Å². The van der Waals surface area contributed by atoms with Gasteiger partial charge in [0.25, 0.3) is 0 Å². The van der Waals surface area contributed by atoms with Crippen molar-refractivity contribution in [3.05, 3.63) is 16.0 Å². The largest absolute Gasteiger partial charge is 0.379 e. The number of rotatable bonds is 4. The third kappa shape index (κ3) is 3.73. The minimum absolute atomic E-state index is 0.889. The number of hydrogen-bond donors (Lipinski definition) is 0. The zero-order chi connectivity index (χ0) is 10.5. The molecule has 0 bridgehead atoms. The number of ether oxygens (including phenoxy) is 1. The highest BCUT2D eigenvalue weighted by Gasteiger charge is 2.09. The van der Waals surface area contributed by atoms with Crippen LogP contribution in [0, 0.1) is 3.70 Å². The summed E-state index contributed by atoms with van der Waals surface area (Å²) in [5.74, 6) is 0. The molecular formula is C10H16IN3O. The van der Waals surface area contributed by atoms with Crippen molar-refractivity contribution in [3.63, 3.8) is 0 Å². The lowest BCUT2D eigenvalue weighted by Gasteiger charge is -2.26. The second-order valence-corrected chi connectivity index (χ2v) is 4.81. The Labute approximate surface area is 104 Å². The predicted molar refractivity (Wildman–Crippen MR) is 66.8 cm³/mol. The normalized spacial score (nSPS) is 18.2. The maximum absolute atomic E-state index is 5.31. The van der Waals surface area contributed by atoms with E-state index in [1.165, 1.54) is 0 Å². The highest BCUT2D eigenvalue weighted by Crippen LogP contribution is 2.02. The van der Waals surface area contributed by atoms with Crippen LogP contribution in [0.15, 0.2) is 12.3 Å². The molecule has 2 heterocycles. The zero-order valence-corrected chi connectivity index (χ0v) is 10.9. The summed E-state index contributed by atoms with van der Waals surface area (Å²) >= 11 is 2.24. The average Bonchev–Trinajstić information content (AvgIpc) is 2.66. The Morgan fingerprint density at radius 3 is 2.80 bits per heavy atom. The van der Waals surface area contributed by atoms with Gasteiger partial charge >= 0.3 is 0 Å². The maximum atomic E-state index is 5.31. The van der Waals surface area contributed by atoms with E-state index in [4.69, 9.17) is 4.74 Å². The van der Waals surface area contributed by atoms with Gasteiger partial charge in [0, 0.05) is 32.4 Å². The van der Waals surface area contributed by atoms with Crippen LogP contribution in [0.25, 0.3) is 0 Å². The van der Waals surface area contributed by atoms with Gasteiger partial charge in [-0.15, -0.1) is 0 Å². The molecule has 1 saturated heterocycles. The van der Waals surface area contributed by atoms with Gasteiger partial charge in [-0.25, -0.2) is 0 Å². The van der Waals surface area contributed by atoms with Crippen molar-refractivity contribution in [2.24, 2.45) is 0 Å². The third-order valence-electron chi connectivity index (χ3n) is 2.57. The van der Waals surface area contributed by atoms with Gasteiger partial charge in [-0.2, -0.15) is 5.10 Å². The second kappa shape index (κ2) is 5.81. The van der Waals surface area contributed by atoms with Crippen LogP contribution in [0.2, 0.25) is 0 Å². The van der Waals surface area contributed by atoms with Gasteiger partial charge in [0.2, 0.25) is 0 Å². The summed E-state index contributed by atoms with van der Waals surface area (Å²) in [6.45, 7) is 6.10. The van der Waals surface area contributed by atoms with Crippen LogP contribution >= 0.6 is 22.6 Å². The molecule has 2 rings (SSSR count). The van der Waals surface area contributed by atoms with Crippen LogP contribution in [0.5, 0.6) is 0 Å². The lowest BCUT2D eigenvalue weighted by Crippen LogP contribution is -2.37. The molecule has 0 atom stereocenters. The van der Waals surface area contributed by atoms with E-state index in [1.54, 1.807) is 0 Å². The summed E-state index contributed by atoms with van der Waals surface area (Å²) in [6.07, 6.45) is 3.21. The van der Waals surface area contributed by atoms with Gasteiger partial charge in [0.1, 0.15) is 3.70 Å². The third-order valence-corrected chi connectivity index (χ3v) is 3.15. The molecule has 5 heteroatoms. The van der Waals surface area contributed by atoms with E-state index in [0.29, 0.717) is 0 Å². The van der Waals surface area contributed by atoms with Crippen LogP contribution in [-0.2, 0) is 11.3 Å². The standard InChI is InChI=1S/C10H16IN3O/c11-10-2-5-14(12-10)4-1-3-13-6-8-15-9-7-13/h2,5H,1,3-4,6-9H2. The lowest BCUT2D eigenvalue weighted by atomic mass is 10.3. The summed E-state index contributed by atoms with van der Waals surface area (Å²) in [6, 6.07) is 2.04. The fourth-order valence-corrected chi connectivity index (χ4v) is 2.18. The van der Waals surface area contributed by atoms with Crippen LogP contribution in [0.4, 0.5) is 0 Å². The van der Waals surface area contributed by atoms with Gasteiger partial charge in [-0.1, -0.05) is 0 Å². The molecular weight excluding hydrogens is 305 g/mol. The number of aryl methyl sites for hydroxylation is 1. The average molecular weight is 321 g/mol.